The quantitative estimate of drug-likeness (QED) is 0.429. The highest BCUT2D eigenvalue weighted by molar-refractivity contribution is 6.05. The van der Waals surface area contributed by atoms with Crippen molar-refractivity contribution in [3.05, 3.63) is 84.6 Å². The Bertz CT molecular complexity index is 1280. The lowest BCUT2D eigenvalue weighted by molar-refractivity contribution is 0.415. The van der Waals surface area contributed by atoms with Crippen molar-refractivity contribution in [3.8, 4) is 17.1 Å². The Morgan fingerprint density at radius 1 is 0.931 bits per heavy atom. The SMILES string of the molecule is COc1ccc(NCc2ccnc3ccc4[nH]c(-c5ccccc5)nc4c23)cc1. The second kappa shape index (κ2) is 7.28. The van der Waals surface area contributed by atoms with Crippen molar-refractivity contribution in [2.45, 2.75) is 6.54 Å². The number of H-pyrrole nitrogens is 1. The fourth-order valence-corrected chi connectivity index (χ4v) is 3.57. The molecule has 2 heterocycles. The molecule has 0 saturated heterocycles. The number of nitrogens with zero attached hydrogens (tertiary/aromatic N) is 2. The van der Waals surface area contributed by atoms with E-state index in [1.807, 2.05) is 60.8 Å². The van der Waals surface area contributed by atoms with E-state index in [9.17, 15) is 0 Å². The Morgan fingerprint density at radius 2 is 1.76 bits per heavy atom. The molecule has 29 heavy (non-hydrogen) atoms. The predicted octanol–water partition coefficient (Wildman–Crippen LogP) is 5.40. The van der Waals surface area contributed by atoms with Crippen LogP contribution in [0.25, 0.3) is 33.3 Å². The summed E-state index contributed by atoms with van der Waals surface area (Å²) in [6, 6.07) is 24.2. The lowest BCUT2D eigenvalue weighted by Gasteiger charge is -2.10. The minimum Gasteiger partial charge on any atom is -0.497 e. The Kier molecular flexibility index (Phi) is 4.33. The van der Waals surface area contributed by atoms with Crippen LogP contribution in [-0.4, -0.2) is 22.1 Å². The van der Waals surface area contributed by atoms with Crippen LogP contribution in [0.1, 0.15) is 5.56 Å². The summed E-state index contributed by atoms with van der Waals surface area (Å²) in [5.41, 5.74) is 6.16. The molecule has 3 aromatic carbocycles. The average Bonchev–Trinajstić information content (AvgIpc) is 3.23. The number of methoxy groups -OCH3 is 1. The van der Waals surface area contributed by atoms with Crippen LogP contribution in [0.4, 0.5) is 5.69 Å². The summed E-state index contributed by atoms with van der Waals surface area (Å²) in [5, 5.41) is 4.56. The number of ether oxygens (including phenoxy) is 1. The molecular formula is C24H20N4O. The zero-order valence-electron chi connectivity index (χ0n) is 16.0. The number of nitrogens with one attached hydrogen (secondary N) is 2. The molecule has 0 radical (unpaired) electrons. The fourth-order valence-electron chi connectivity index (χ4n) is 3.57. The van der Waals surface area contributed by atoms with E-state index in [2.05, 4.69) is 33.5 Å². The molecule has 142 valence electrons. The molecule has 0 atom stereocenters. The maximum Gasteiger partial charge on any atom is 0.138 e. The van der Waals surface area contributed by atoms with Gasteiger partial charge in [-0.15, -0.1) is 0 Å². The van der Waals surface area contributed by atoms with Crippen LogP contribution in [0, 0.1) is 0 Å². The number of hydrogen-bond acceptors (Lipinski definition) is 4. The Hall–Kier alpha value is -3.86. The molecule has 0 aliphatic heterocycles. The first-order chi connectivity index (χ1) is 14.3. The molecule has 0 fully saturated rings. The van der Waals surface area contributed by atoms with Gasteiger partial charge in [-0.3, -0.25) is 4.98 Å². The van der Waals surface area contributed by atoms with Gasteiger partial charge < -0.3 is 15.0 Å². The van der Waals surface area contributed by atoms with Gasteiger partial charge in [-0.25, -0.2) is 4.98 Å². The van der Waals surface area contributed by atoms with Crippen molar-refractivity contribution in [2.24, 2.45) is 0 Å². The predicted molar refractivity (Wildman–Crippen MR) is 117 cm³/mol. The molecule has 0 bridgehead atoms. The summed E-state index contributed by atoms with van der Waals surface area (Å²) >= 11 is 0. The van der Waals surface area contributed by atoms with Gasteiger partial charge in [0.25, 0.3) is 0 Å². The molecule has 5 nitrogen and oxygen atoms in total. The van der Waals surface area contributed by atoms with Crippen molar-refractivity contribution in [3.63, 3.8) is 0 Å². The number of pyridine rings is 1. The van der Waals surface area contributed by atoms with Crippen LogP contribution >= 0.6 is 0 Å². The molecule has 2 N–H and O–H groups in total. The molecule has 5 heteroatoms. The first kappa shape index (κ1) is 17.3. The maximum absolute atomic E-state index is 5.23. The fraction of sp³-hybridized carbons (Fsp3) is 0.0833. The summed E-state index contributed by atoms with van der Waals surface area (Å²) in [7, 11) is 1.67. The second-order valence-electron chi connectivity index (χ2n) is 6.86. The molecule has 0 aliphatic carbocycles. The van der Waals surface area contributed by atoms with E-state index in [0.29, 0.717) is 6.54 Å². The van der Waals surface area contributed by atoms with Gasteiger partial charge in [-0.2, -0.15) is 0 Å². The van der Waals surface area contributed by atoms with Gasteiger partial charge in [0, 0.05) is 29.4 Å². The van der Waals surface area contributed by atoms with Crippen LogP contribution in [0.2, 0.25) is 0 Å². The molecule has 0 aliphatic rings. The molecule has 0 saturated carbocycles. The number of aromatic nitrogens is 3. The van der Waals surface area contributed by atoms with Crippen molar-refractivity contribution in [1.82, 2.24) is 15.0 Å². The van der Waals surface area contributed by atoms with E-state index in [1.165, 1.54) is 0 Å². The monoisotopic (exact) mass is 380 g/mol. The zero-order valence-corrected chi connectivity index (χ0v) is 16.0. The van der Waals surface area contributed by atoms with Crippen molar-refractivity contribution in [2.75, 3.05) is 12.4 Å². The van der Waals surface area contributed by atoms with Crippen molar-refractivity contribution >= 4 is 27.6 Å². The number of imidazole rings is 1. The lowest BCUT2D eigenvalue weighted by atomic mass is 10.1. The zero-order chi connectivity index (χ0) is 19.6. The largest absolute Gasteiger partial charge is 0.497 e. The number of aromatic amines is 1. The van der Waals surface area contributed by atoms with Gasteiger partial charge in [0.1, 0.15) is 11.6 Å². The number of anilines is 1. The first-order valence-electron chi connectivity index (χ1n) is 9.51. The Labute approximate surface area is 168 Å². The van der Waals surface area contributed by atoms with Crippen molar-refractivity contribution < 1.29 is 4.74 Å². The molecular weight excluding hydrogens is 360 g/mol. The molecule has 0 unspecified atom stereocenters. The van der Waals surface area contributed by atoms with Gasteiger partial charge in [-0.1, -0.05) is 30.3 Å². The molecule has 5 rings (SSSR count). The number of hydrogen-bond donors (Lipinski definition) is 2. The van der Waals surface area contributed by atoms with Crippen LogP contribution in [-0.2, 0) is 6.54 Å². The van der Waals surface area contributed by atoms with E-state index < -0.39 is 0 Å². The normalized spacial score (nSPS) is 11.1. The summed E-state index contributed by atoms with van der Waals surface area (Å²) in [6.45, 7) is 0.679. The van der Waals surface area contributed by atoms with Gasteiger partial charge in [0.15, 0.2) is 0 Å². The third kappa shape index (κ3) is 3.27. The van der Waals surface area contributed by atoms with Gasteiger partial charge >= 0.3 is 0 Å². The Morgan fingerprint density at radius 3 is 2.55 bits per heavy atom. The van der Waals surface area contributed by atoms with Crippen LogP contribution < -0.4 is 10.1 Å². The molecule has 5 aromatic rings. The van der Waals surface area contributed by atoms with E-state index in [4.69, 9.17) is 9.72 Å². The van der Waals surface area contributed by atoms with E-state index in [1.54, 1.807) is 7.11 Å². The van der Waals surface area contributed by atoms with Crippen LogP contribution in [0.15, 0.2) is 79.0 Å². The minimum absolute atomic E-state index is 0.679. The second-order valence-corrected chi connectivity index (χ2v) is 6.86. The van der Waals surface area contributed by atoms with E-state index in [-0.39, 0.29) is 0 Å². The van der Waals surface area contributed by atoms with E-state index >= 15 is 0 Å². The third-order valence-corrected chi connectivity index (χ3v) is 5.06. The highest BCUT2D eigenvalue weighted by Crippen LogP contribution is 2.29. The highest BCUT2D eigenvalue weighted by Gasteiger charge is 2.12. The summed E-state index contributed by atoms with van der Waals surface area (Å²) in [5.74, 6) is 1.71. The van der Waals surface area contributed by atoms with Crippen LogP contribution in [0.5, 0.6) is 5.75 Å². The average molecular weight is 380 g/mol. The summed E-state index contributed by atoms with van der Waals surface area (Å²) in [6.07, 6.45) is 1.85. The molecule has 2 aromatic heterocycles. The number of rotatable bonds is 5. The molecule has 0 spiro atoms. The molecule has 0 amide bonds. The summed E-state index contributed by atoms with van der Waals surface area (Å²) in [4.78, 5) is 12.9. The highest BCUT2D eigenvalue weighted by atomic mass is 16.5. The smallest absolute Gasteiger partial charge is 0.138 e. The maximum atomic E-state index is 5.23. The Balaban J connectivity index is 1.55. The summed E-state index contributed by atoms with van der Waals surface area (Å²) < 4.78 is 5.23. The number of fused-ring (bicyclic) bond motifs is 3. The standard InChI is InChI=1S/C24H20N4O/c1-29-19-9-7-18(8-10-19)26-15-17-13-14-25-20-11-12-21-23(22(17)20)28-24(27-21)16-5-3-2-4-6-16/h2-14,26H,15H2,1H3,(H,27,28). The van der Waals surface area contributed by atoms with E-state index in [0.717, 1.165) is 50.3 Å². The van der Waals surface area contributed by atoms with Gasteiger partial charge in [0.05, 0.1) is 23.7 Å². The minimum atomic E-state index is 0.679. The van der Waals surface area contributed by atoms with Crippen molar-refractivity contribution in [1.29, 1.82) is 0 Å². The topological polar surface area (TPSA) is 62.8 Å². The van der Waals surface area contributed by atoms with Crippen LogP contribution in [0.3, 0.4) is 0 Å². The number of benzene rings is 3. The van der Waals surface area contributed by atoms with Gasteiger partial charge in [-0.05, 0) is 48.0 Å². The first-order valence-corrected chi connectivity index (χ1v) is 9.51. The van der Waals surface area contributed by atoms with Gasteiger partial charge in [0.2, 0.25) is 0 Å². The lowest BCUT2D eigenvalue weighted by Crippen LogP contribution is -2.01. The third-order valence-electron chi connectivity index (χ3n) is 5.06.